The van der Waals surface area contributed by atoms with Gasteiger partial charge in [-0.3, -0.25) is 10.1 Å². The number of nitrogens with zero attached hydrogens (tertiary/aromatic N) is 2. The van der Waals surface area contributed by atoms with Crippen molar-refractivity contribution in [2.75, 3.05) is 25.1 Å². The van der Waals surface area contributed by atoms with Crippen molar-refractivity contribution < 1.29 is 9.66 Å². The maximum absolute atomic E-state index is 10.8. The maximum atomic E-state index is 10.8. The van der Waals surface area contributed by atoms with E-state index in [1.54, 1.807) is 6.92 Å². The third kappa shape index (κ3) is 5.65. The summed E-state index contributed by atoms with van der Waals surface area (Å²) in [6.07, 6.45) is 4.58. The minimum absolute atomic E-state index is 0.0942. The van der Waals surface area contributed by atoms with Crippen molar-refractivity contribution in [2.24, 2.45) is 0 Å². The summed E-state index contributed by atoms with van der Waals surface area (Å²) in [6.45, 7) is 5.99. The van der Waals surface area contributed by atoms with E-state index in [1.807, 2.05) is 0 Å². The molecule has 0 radical (unpaired) electrons. The molecule has 19 heavy (non-hydrogen) atoms. The molecule has 0 atom stereocenters. The number of aryl methyl sites for hydroxylation is 1. The van der Waals surface area contributed by atoms with Crippen LogP contribution in [0.5, 0.6) is 0 Å². The number of unbranched alkanes of at least 4 members (excludes halogenated alkanes) is 1. The molecule has 1 heterocycles. The van der Waals surface area contributed by atoms with Crippen molar-refractivity contribution >= 4 is 11.5 Å². The fourth-order valence-corrected chi connectivity index (χ4v) is 1.55. The first kappa shape index (κ1) is 15.4. The first-order valence-electron chi connectivity index (χ1n) is 6.57. The van der Waals surface area contributed by atoms with Gasteiger partial charge in [-0.25, -0.2) is 4.98 Å². The number of aromatic nitrogens is 1. The van der Waals surface area contributed by atoms with Gasteiger partial charge in [-0.05, 0) is 19.8 Å². The zero-order valence-electron chi connectivity index (χ0n) is 11.5. The first-order chi connectivity index (χ1) is 9.15. The summed E-state index contributed by atoms with van der Waals surface area (Å²) in [5.41, 5.74) is 0.662. The van der Waals surface area contributed by atoms with E-state index < -0.39 is 4.92 Å². The van der Waals surface area contributed by atoms with Gasteiger partial charge < -0.3 is 10.1 Å². The highest BCUT2D eigenvalue weighted by molar-refractivity contribution is 5.48. The lowest BCUT2D eigenvalue weighted by Gasteiger charge is -2.06. The molecule has 1 aromatic rings. The Morgan fingerprint density at radius 2 is 2.16 bits per heavy atom. The van der Waals surface area contributed by atoms with Crippen LogP contribution in [0.4, 0.5) is 11.5 Å². The third-order valence-electron chi connectivity index (χ3n) is 2.69. The van der Waals surface area contributed by atoms with Crippen molar-refractivity contribution in [3.8, 4) is 0 Å². The van der Waals surface area contributed by atoms with E-state index >= 15 is 0 Å². The molecule has 0 saturated carbocycles. The number of nitro groups is 1. The van der Waals surface area contributed by atoms with Crippen LogP contribution in [0.25, 0.3) is 0 Å². The molecular formula is C13H21N3O3. The van der Waals surface area contributed by atoms with Gasteiger partial charge in [0.1, 0.15) is 5.82 Å². The summed E-state index contributed by atoms with van der Waals surface area (Å²) in [7, 11) is 0. The van der Waals surface area contributed by atoms with Crippen LogP contribution < -0.4 is 5.32 Å². The average molecular weight is 267 g/mol. The van der Waals surface area contributed by atoms with Gasteiger partial charge in [0.05, 0.1) is 11.0 Å². The minimum Gasteiger partial charge on any atom is -0.381 e. The Hall–Kier alpha value is -1.69. The second kappa shape index (κ2) is 8.42. The molecule has 0 unspecified atom stereocenters. The molecule has 0 saturated heterocycles. The van der Waals surface area contributed by atoms with Crippen LogP contribution >= 0.6 is 0 Å². The normalized spacial score (nSPS) is 10.4. The van der Waals surface area contributed by atoms with Crippen LogP contribution in [-0.4, -0.2) is 29.7 Å². The SMILES string of the molecule is CCCCOCCCNc1cc([N+](=O)[O-])c(C)cn1. The van der Waals surface area contributed by atoms with Gasteiger partial charge in [-0.2, -0.15) is 0 Å². The number of rotatable bonds is 9. The Labute approximate surface area is 113 Å². The highest BCUT2D eigenvalue weighted by Gasteiger charge is 2.11. The molecule has 1 rings (SSSR count). The number of ether oxygens (including phenoxy) is 1. The van der Waals surface area contributed by atoms with E-state index in [1.165, 1.54) is 12.3 Å². The largest absolute Gasteiger partial charge is 0.381 e. The lowest BCUT2D eigenvalue weighted by molar-refractivity contribution is -0.385. The van der Waals surface area contributed by atoms with Gasteiger partial charge in [0.25, 0.3) is 5.69 Å². The number of pyridine rings is 1. The van der Waals surface area contributed by atoms with Gasteiger partial charge in [0, 0.05) is 31.5 Å². The lowest BCUT2D eigenvalue weighted by atomic mass is 10.2. The molecular weight excluding hydrogens is 246 g/mol. The first-order valence-corrected chi connectivity index (χ1v) is 6.57. The Balaban J connectivity index is 2.30. The van der Waals surface area contributed by atoms with Crippen molar-refractivity contribution in [3.63, 3.8) is 0 Å². The summed E-state index contributed by atoms with van der Waals surface area (Å²) in [6, 6.07) is 1.47. The zero-order valence-corrected chi connectivity index (χ0v) is 11.5. The minimum atomic E-state index is -0.393. The number of hydrogen-bond donors (Lipinski definition) is 1. The molecule has 0 aliphatic heterocycles. The van der Waals surface area contributed by atoms with Crippen LogP contribution in [0.1, 0.15) is 31.7 Å². The second-order valence-electron chi connectivity index (χ2n) is 4.36. The van der Waals surface area contributed by atoms with Crippen LogP contribution in [0.15, 0.2) is 12.3 Å². The van der Waals surface area contributed by atoms with Crippen molar-refractivity contribution in [1.29, 1.82) is 0 Å². The van der Waals surface area contributed by atoms with Gasteiger partial charge >= 0.3 is 0 Å². The maximum Gasteiger partial charge on any atom is 0.277 e. The molecule has 0 aromatic carbocycles. The standard InChI is InChI=1S/C13H21N3O3/c1-3-4-7-19-8-5-6-14-13-9-12(16(17)18)11(2)10-15-13/h9-10H,3-8H2,1-2H3,(H,14,15). The Morgan fingerprint density at radius 1 is 1.42 bits per heavy atom. The van der Waals surface area contributed by atoms with Gasteiger partial charge in [-0.1, -0.05) is 13.3 Å². The topological polar surface area (TPSA) is 77.3 Å². The molecule has 6 nitrogen and oxygen atoms in total. The van der Waals surface area contributed by atoms with Crippen molar-refractivity contribution in [1.82, 2.24) is 4.98 Å². The van der Waals surface area contributed by atoms with E-state index in [-0.39, 0.29) is 5.69 Å². The van der Waals surface area contributed by atoms with E-state index in [0.717, 1.165) is 25.9 Å². The van der Waals surface area contributed by atoms with E-state index in [2.05, 4.69) is 17.2 Å². The molecule has 0 spiro atoms. The summed E-state index contributed by atoms with van der Waals surface area (Å²) in [4.78, 5) is 14.5. The van der Waals surface area contributed by atoms with E-state index in [9.17, 15) is 10.1 Å². The zero-order chi connectivity index (χ0) is 14.1. The average Bonchev–Trinajstić information content (AvgIpc) is 2.39. The molecule has 1 aromatic heterocycles. The fourth-order valence-electron chi connectivity index (χ4n) is 1.55. The molecule has 6 heteroatoms. The Kier molecular flexibility index (Phi) is 6.81. The van der Waals surface area contributed by atoms with Crippen molar-refractivity contribution in [2.45, 2.75) is 33.1 Å². The predicted molar refractivity (Wildman–Crippen MR) is 74.5 cm³/mol. The molecule has 0 bridgehead atoms. The summed E-state index contributed by atoms with van der Waals surface area (Å²) in [5, 5.41) is 13.8. The van der Waals surface area contributed by atoms with Crippen LogP contribution in [0, 0.1) is 17.0 Å². The monoisotopic (exact) mass is 267 g/mol. The third-order valence-corrected chi connectivity index (χ3v) is 2.69. The van der Waals surface area contributed by atoms with Gasteiger partial charge in [0.2, 0.25) is 0 Å². The summed E-state index contributed by atoms with van der Waals surface area (Å²) < 4.78 is 5.42. The Morgan fingerprint density at radius 3 is 2.84 bits per heavy atom. The molecule has 0 aliphatic rings. The summed E-state index contributed by atoms with van der Waals surface area (Å²) >= 11 is 0. The van der Waals surface area contributed by atoms with Gasteiger partial charge in [0.15, 0.2) is 0 Å². The number of hydrogen-bond acceptors (Lipinski definition) is 5. The fraction of sp³-hybridized carbons (Fsp3) is 0.615. The number of anilines is 1. The molecule has 0 amide bonds. The quantitative estimate of drug-likeness (QED) is 0.423. The van der Waals surface area contributed by atoms with Crippen LogP contribution in [-0.2, 0) is 4.74 Å². The van der Waals surface area contributed by atoms with Gasteiger partial charge in [-0.15, -0.1) is 0 Å². The van der Waals surface area contributed by atoms with E-state index in [0.29, 0.717) is 24.5 Å². The molecule has 1 N–H and O–H groups in total. The van der Waals surface area contributed by atoms with Crippen molar-refractivity contribution in [3.05, 3.63) is 27.9 Å². The Bertz CT molecular complexity index is 410. The molecule has 106 valence electrons. The predicted octanol–water partition coefficient (Wildman–Crippen LogP) is 2.92. The summed E-state index contributed by atoms with van der Waals surface area (Å²) in [5.74, 6) is 0.533. The van der Waals surface area contributed by atoms with Crippen LogP contribution in [0.2, 0.25) is 0 Å². The lowest BCUT2D eigenvalue weighted by Crippen LogP contribution is -2.08. The highest BCUT2D eigenvalue weighted by atomic mass is 16.6. The molecule has 0 aliphatic carbocycles. The van der Waals surface area contributed by atoms with E-state index in [4.69, 9.17) is 4.74 Å². The highest BCUT2D eigenvalue weighted by Crippen LogP contribution is 2.19. The number of nitrogens with one attached hydrogen (secondary N) is 1. The second-order valence-corrected chi connectivity index (χ2v) is 4.36. The van der Waals surface area contributed by atoms with Crippen LogP contribution in [0.3, 0.4) is 0 Å². The smallest absolute Gasteiger partial charge is 0.277 e. The molecule has 0 fully saturated rings.